The lowest BCUT2D eigenvalue weighted by Gasteiger charge is -2.26. The quantitative estimate of drug-likeness (QED) is 0.569. The largest absolute Gasteiger partial charge is 0.388 e. The van der Waals surface area contributed by atoms with E-state index in [0.29, 0.717) is 13.1 Å². The minimum atomic E-state index is -0.737. The number of hydrogen-bond acceptors (Lipinski definition) is 3. The minimum Gasteiger partial charge on any atom is -0.388 e. The van der Waals surface area contributed by atoms with Gasteiger partial charge in [0.15, 0.2) is 0 Å². The number of anilines is 1. The van der Waals surface area contributed by atoms with Gasteiger partial charge >= 0.3 is 6.03 Å². The number of rotatable bonds is 5. The van der Waals surface area contributed by atoms with Crippen LogP contribution in [0.1, 0.15) is 44.1 Å². The Balaban J connectivity index is 1.41. The Labute approximate surface area is 150 Å². The lowest BCUT2D eigenvalue weighted by atomic mass is 9.95. The zero-order chi connectivity index (χ0) is 17.5. The van der Waals surface area contributed by atoms with Crippen molar-refractivity contribution < 1.29 is 9.90 Å². The fourth-order valence-corrected chi connectivity index (χ4v) is 3.57. The molecule has 1 aliphatic carbocycles. The third-order valence-electron chi connectivity index (χ3n) is 5.19. The summed E-state index contributed by atoms with van der Waals surface area (Å²) >= 11 is 0. The Kier molecular flexibility index (Phi) is 5.97. The highest BCUT2D eigenvalue weighted by atomic mass is 16.3. The third-order valence-corrected chi connectivity index (χ3v) is 5.19. The van der Waals surface area contributed by atoms with Gasteiger partial charge in [0.1, 0.15) is 0 Å². The van der Waals surface area contributed by atoms with Gasteiger partial charge in [-0.25, -0.2) is 4.79 Å². The number of hydrogen-bond donors (Lipinski definition) is 3. The lowest BCUT2D eigenvalue weighted by Crippen LogP contribution is -2.46. The molecular formula is C20H29N3O2. The molecule has 1 aliphatic heterocycles. The highest BCUT2D eigenvalue weighted by Gasteiger charge is 2.28. The average molecular weight is 343 g/mol. The normalized spacial score (nSPS) is 19.5. The van der Waals surface area contributed by atoms with Crippen LogP contribution in [0.15, 0.2) is 36.4 Å². The van der Waals surface area contributed by atoms with Gasteiger partial charge in [0.2, 0.25) is 0 Å². The molecule has 1 aromatic carbocycles. The molecule has 136 valence electrons. The summed E-state index contributed by atoms with van der Waals surface area (Å²) in [6, 6.07) is 8.07. The number of nitrogens with zero attached hydrogens (tertiary/aromatic N) is 1. The standard InChI is InChI=1S/C20H29N3O2/c24-19(22-16-20(25)11-3-1-2-4-12-20)21-15-17-7-9-18(10-8-17)23-13-5-6-14-23/h5-10,25H,1-4,11-16H2,(H2,21,22,24). The molecule has 0 spiro atoms. The monoisotopic (exact) mass is 343 g/mol. The number of carbonyl (C=O) groups excluding carboxylic acids is 1. The van der Waals surface area contributed by atoms with Crippen LogP contribution in [0.25, 0.3) is 0 Å². The van der Waals surface area contributed by atoms with Crippen molar-refractivity contribution in [2.45, 2.75) is 50.7 Å². The van der Waals surface area contributed by atoms with E-state index in [0.717, 1.165) is 44.3 Å². The maximum Gasteiger partial charge on any atom is 0.315 e. The fourth-order valence-electron chi connectivity index (χ4n) is 3.57. The molecular weight excluding hydrogens is 314 g/mol. The van der Waals surface area contributed by atoms with Gasteiger partial charge in [-0.1, -0.05) is 50.0 Å². The summed E-state index contributed by atoms with van der Waals surface area (Å²) < 4.78 is 0. The summed E-state index contributed by atoms with van der Waals surface area (Å²) in [7, 11) is 0. The zero-order valence-corrected chi connectivity index (χ0v) is 14.8. The van der Waals surface area contributed by atoms with E-state index in [-0.39, 0.29) is 6.03 Å². The predicted molar refractivity (Wildman–Crippen MR) is 101 cm³/mol. The van der Waals surface area contributed by atoms with Crippen LogP contribution < -0.4 is 15.5 Å². The van der Waals surface area contributed by atoms with E-state index < -0.39 is 5.60 Å². The van der Waals surface area contributed by atoms with Crippen molar-refractivity contribution in [1.82, 2.24) is 10.6 Å². The topological polar surface area (TPSA) is 64.6 Å². The number of carbonyl (C=O) groups is 1. The lowest BCUT2D eigenvalue weighted by molar-refractivity contribution is 0.0277. The maximum atomic E-state index is 12.0. The van der Waals surface area contributed by atoms with Crippen LogP contribution in [0, 0.1) is 0 Å². The first kappa shape index (κ1) is 17.8. The van der Waals surface area contributed by atoms with Crippen LogP contribution >= 0.6 is 0 Å². The van der Waals surface area contributed by atoms with E-state index >= 15 is 0 Å². The SMILES string of the molecule is O=C(NCc1ccc(N2CC=CC2)cc1)NCC1(O)CCCCCC1. The molecule has 1 aromatic rings. The molecule has 0 atom stereocenters. The molecule has 1 heterocycles. The number of nitrogens with one attached hydrogen (secondary N) is 2. The molecule has 0 radical (unpaired) electrons. The molecule has 3 rings (SSSR count). The minimum absolute atomic E-state index is 0.217. The van der Waals surface area contributed by atoms with Crippen LogP contribution in [0.3, 0.4) is 0 Å². The first-order chi connectivity index (χ1) is 12.1. The Morgan fingerprint density at radius 3 is 2.28 bits per heavy atom. The van der Waals surface area contributed by atoms with E-state index in [1.54, 1.807) is 0 Å². The number of aliphatic hydroxyl groups is 1. The molecule has 25 heavy (non-hydrogen) atoms. The molecule has 0 aromatic heterocycles. The average Bonchev–Trinajstić information content (AvgIpc) is 3.08. The summed E-state index contributed by atoms with van der Waals surface area (Å²) in [4.78, 5) is 14.3. The Morgan fingerprint density at radius 1 is 1.00 bits per heavy atom. The third kappa shape index (κ3) is 5.23. The van der Waals surface area contributed by atoms with Crippen LogP contribution in [0.5, 0.6) is 0 Å². The van der Waals surface area contributed by atoms with Gasteiger partial charge in [-0.05, 0) is 30.5 Å². The summed E-state index contributed by atoms with van der Waals surface area (Å²) in [6.07, 6.45) is 10.3. The van der Waals surface area contributed by atoms with Gasteiger partial charge < -0.3 is 20.6 Å². The highest BCUT2D eigenvalue weighted by molar-refractivity contribution is 5.73. The first-order valence-corrected chi connectivity index (χ1v) is 9.38. The van der Waals surface area contributed by atoms with E-state index in [1.807, 2.05) is 12.1 Å². The summed E-state index contributed by atoms with van der Waals surface area (Å²) in [5.74, 6) is 0. The summed E-state index contributed by atoms with van der Waals surface area (Å²) in [6.45, 7) is 2.74. The van der Waals surface area contributed by atoms with Crippen molar-refractivity contribution in [3.63, 3.8) is 0 Å². The van der Waals surface area contributed by atoms with Crippen molar-refractivity contribution in [3.05, 3.63) is 42.0 Å². The Bertz CT molecular complexity index is 581. The maximum absolute atomic E-state index is 12.0. The highest BCUT2D eigenvalue weighted by Crippen LogP contribution is 2.26. The van der Waals surface area contributed by atoms with Gasteiger partial charge in [-0.2, -0.15) is 0 Å². The van der Waals surface area contributed by atoms with Gasteiger partial charge in [0.05, 0.1) is 5.60 Å². The molecule has 0 saturated heterocycles. The van der Waals surface area contributed by atoms with Crippen LogP contribution in [-0.2, 0) is 6.54 Å². The van der Waals surface area contributed by atoms with Gasteiger partial charge in [-0.3, -0.25) is 0 Å². The van der Waals surface area contributed by atoms with E-state index in [2.05, 4.69) is 39.8 Å². The van der Waals surface area contributed by atoms with Crippen molar-refractivity contribution in [3.8, 4) is 0 Å². The van der Waals surface area contributed by atoms with E-state index in [1.165, 1.54) is 18.5 Å². The van der Waals surface area contributed by atoms with Gasteiger partial charge in [0, 0.05) is 31.9 Å². The first-order valence-electron chi connectivity index (χ1n) is 9.38. The molecule has 5 nitrogen and oxygen atoms in total. The second-order valence-electron chi connectivity index (χ2n) is 7.22. The molecule has 5 heteroatoms. The Hall–Kier alpha value is -2.01. The van der Waals surface area contributed by atoms with Gasteiger partial charge in [0.25, 0.3) is 0 Å². The summed E-state index contributed by atoms with van der Waals surface area (Å²) in [5, 5.41) is 16.3. The second kappa shape index (κ2) is 8.39. The smallest absolute Gasteiger partial charge is 0.315 e. The van der Waals surface area contributed by atoms with Gasteiger partial charge in [-0.15, -0.1) is 0 Å². The van der Waals surface area contributed by atoms with E-state index in [4.69, 9.17) is 0 Å². The molecule has 0 bridgehead atoms. The molecule has 1 saturated carbocycles. The predicted octanol–water partition coefficient (Wildman–Crippen LogP) is 2.95. The van der Waals surface area contributed by atoms with Crippen molar-refractivity contribution >= 4 is 11.7 Å². The number of amides is 2. The second-order valence-corrected chi connectivity index (χ2v) is 7.22. The van der Waals surface area contributed by atoms with Crippen LogP contribution in [-0.4, -0.2) is 36.4 Å². The molecule has 1 fully saturated rings. The number of urea groups is 1. The van der Waals surface area contributed by atoms with Crippen LogP contribution in [0.4, 0.5) is 10.5 Å². The van der Waals surface area contributed by atoms with Crippen molar-refractivity contribution in [1.29, 1.82) is 0 Å². The Morgan fingerprint density at radius 2 is 1.64 bits per heavy atom. The molecule has 3 N–H and O–H groups in total. The van der Waals surface area contributed by atoms with Crippen molar-refractivity contribution in [2.24, 2.45) is 0 Å². The summed E-state index contributed by atoms with van der Waals surface area (Å²) in [5.41, 5.74) is 1.53. The molecule has 2 amide bonds. The number of benzene rings is 1. The fraction of sp³-hybridized carbons (Fsp3) is 0.550. The van der Waals surface area contributed by atoms with Crippen molar-refractivity contribution in [2.75, 3.05) is 24.5 Å². The molecule has 2 aliphatic rings. The molecule has 0 unspecified atom stereocenters. The van der Waals surface area contributed by atoms with Crippen LogP contribution in [0.2, 0.25) is 0 Å². The zero-order valence-electron chi connectivity index (χ0n) is 14.8. The van der Waals surface area contributed by atoms with E-state index in [9.17, 15) is 9.90 Å².